The van der Waals surface area contributed by atoms with Crippen molar-refractivity contribution in [2.24, 2.45) is 4.99 Å². The second-order valence-electron chi connectivity index (χ2n) is 4.94. The lowest BCUT2D eigenvalue weighted by molar-refractivity contribution is 0.756. The summed E-state index contributed by atoms with van der Waals surface area (Å²) in [7, 11) is 0. The molecule has 2 aliphatic heterocycles. The normalized spacial score (nSPS) is 23.1. The number of nitrogens with one attached hydrogen (secondary N) is 1. The van der Waals surface area contributed by atoms with Crippen LogP contribution in [-0.4, -0.2) is 18.3 Å². The predicted molar refractivity (Wildman–Crippen MR) is 88.5 cm³/mol. The van der Waals surface area contributed by atoms with E-state index in [4.69, 9.17) is 4.99 Å². The van der Waals surface area contributed by atoms with Gasteiger partial charge < -0.3 is 5.32 Å². The van der Waals surface area contributed by atoms with Crippen molar-refractivity contribution in [3.05, 3.63) is 26.9 Å². The number of thiophene rings is 2. The van der Waals surface area contributed by atoms with E-state index in [2.05, 4.69) is 38.1 Å². The molecule has 0 aromatic carbocycles. The van der Waals surface area contributed by atoms with Crippen LogP contribution in [0.5, 0.6) is 0 Å². The van der Waals surface area contributed by atoms with Gasteiger partial charge in [0.2, 0.25) is 0 Å². The summed E-state index contributed by atoms with van der Waals surface area (Å²) in [6.07, 6.45) is 5.81. The molecular formula is C14H13BrN2S2. The third-order valence-corrected chi connectivity index (χ3v) is 7.10. The van der Waals surface area contributed by atoms with Gasteiger partial charge in [0, 0.05) is 39.0 Å². The minimum atomic E-state index is 0.512. The van der Waals surface area contributed by atoms with Crippen LogP contribution < -0.4 is 5.32 Å². The Labute approximate surface area is 128 Å². The summed E-state index contributed by atoms with van der Waals surface area (Å²) in [5, 5.41) is 7.95. The van der Waals surface area contributed by atoms with Gasteiger partial charge in [-0.3, -0.25) is 4.99 Å². The molecule has 1 saturated heterocycles. The molecule has 0 radical (unpaired) electrons. The maximum atomic E-state index is 4.89. The first kappa shape index (κ1) is 12.3. The Morgan fingerprint density at radius 3 is 3.00 bits per heavy atom. The van der Waals surface area contributed by atoms with Crippen molar-refractivity contribution < 1.29 is 0 Å². The van der Waals surface area contributed by atoms with Crippen molar-refractivity contribution in [1.29, 1.82) is 0 Å². The van der Waals surface area contributed by atoms with Crippen molar-refractivity contribution in [2.45, 2.75) is 25.3 Å². The van der Waals surface area contributed by atoms with Gasteiger partial charge in [-0.05, 0) is 35.3 Å². The molecule has 0 unspecified atom stereocenters. The largest absolute Gasteiger partial charge is 0.309 e. The highest BCUT2D eigenvalue weighted by atomic mass is 79.9. The Kier molecular flexibility index (Phi) is 3.10. The van der Waals surface area contributed by atoms with Gasteiger partial charge in [-0.2, -0.15) is 0 Å². The van der Waals surface area contributed by atoms with Gasteiger partial charge in [0.15, 0.2) is 0 Å². The highest BCUT2D eigenvalue weighted by Gasteiger charge is 2.24. The second kappa shape index (κ2) is 4.81. The molecule has 19 heavy (non-hydrogen) atoms. The van der Waals surface area contributed by atoms with E-state index >= 15 is 0 Å². The van der Waals surface area contributed by atoms with E-state index in [0.717, 1.165) is 13.0 Å². The fourth-order valence-corrected chi connectivity index (χ4v) is 5.81. The molecule has 0 bridgehead atoms. The second-order valence-corrected chi connectivity index (χ2v) is 7.55. The zero-order valence-electron chi connectivity index (χ0n) is 10.3. The number of hydrogen-bond acceptors (Lipinski definition) is 4. The van der Waals surface area contributed by atoms with Gasteiger partial charge >= 0.3 is 0 Å². The average Bonchev–Trinajstić information content (AvgIpc) is 3.14. The van der Waals surface area contributed by atoms with Crippen LogP contribution in [0.15, 0.2) is 26.3 Å². The molecule has 0 amide bonds. The molecule has 0 spiro atoms. The van der Waals surface area contributed by atoms with Crippen molar-refractivity contribution in [3.8, 4) is 0 Å². The van der Waals surface area contributed by atoms with E-state index in [0.29, 0.717) is 6.04 Å². The number of allylic oxidation sites excluding steroid dienone is 1. The first-order valence-corrected chi connectivity index (χ1v) is 9.04. The lowest BCUT2D eigenvalue weighted by Gasteiger charge is -2.08. The molecule has 2 aromatic rings. The first-order valence-electron chi connectivity index (χ1n) is 6.48. The smallest absolute Gasteiger partial charge is 0.0689 e. The number of rotatable bonds is 2. The van der Waals surface area contributed by atoms with E-state index in [-0.39, 0.29) is 0 Å². The van der Waals surface area contributed by atoms with Crippen LogP contribution >= 0.6 is 38.6 Å². The van der Waals surface area contributed by atoms with E-state index in [1.54, 1.807) is 22.7 Å². The van der Waals surface area contributed by atoms with Crippen molar-refractivity contribution in [3.63, 3.8) is 0 Å². The van der Waals surface area contributed by atoms with E-state index < -0.39 is 0 Å². The maximum absolute atomic E-state index is 4.89. The van der Waals surface area contributed by atoms with Crippen LogP contribution in [-0.2, 0) is 0 Å². The molecule has 4 heterocycles. The van der Waals surface area contributed by atoms with Crippen molar-refractivity contribution in [2.75, 3.05) is 6.54 Å². The standard InChI is InChI=1S/C14H13BrN2S2/c15-9-7-19-13-8(6-18-14(9)13)10-3-4-12(17-10)11-2-1-5-16-11/h3,6-7,11,16H,1-2,4-5H2/t11-/m0/s1. The van der Waals surface area contributed by atoms with Crippen LogP contribution in [0.1, 0.15) is 24.8 Å². The molecular weight excluding hydrogens is 340 g/mol. The summed E-state index contributed by atoms with van der Waals surface area (Å²) in [5.74, 6) is 0. The highest BCUT2D eigenvalue weighted by molar-refractivity contribution is 9.10. The van der Waals surface area contributed by atoms with Gasteiger partial charge in [0.1, 0.15) is 0 Å². The minimum absolute atomic E-state index is 0.512. The monoisotopic (exact) mass is 352 g/mol. The molecule has 1 atom stereocenters. The maximum Gasteiger partial charge on any atom is 0.0689 e. The molecule has 2 aromatic heterocycles. The summed E-state index contributed by atoms with van der Waals surface area (Å²) >= 11 is 7.22. The molecule has 1 N–H and O–H groups in total. The highest BCUT2D eigenvalue weighted by Crippen LogP contribution is 2.41. The molecule has 2 aliphatic rings. The van der Waals surface area contributed by atoms with Crippen LogP contribution in [0, 0.1) is 0 Å². The Hall–Kier alpha value is -0.490. The quantitative estimate of drug-likeness (QED) is 0.834. The molecule has 1 fully saturated rings. The van der Waals surface area contributed by atoms with Crippen molar-refractivity contribution >= 4 is 59.4 Å². The predicted octanol–water partition coefficient (Wildman–Crippen LogP) is 4.66. The van der Waals surface area contributed by atoms with Crippen LogP contribution in [0.2, 0.25) is 0 Å². The first-order chi connectivity index (χ1) is 9.33. The number of nitrogens with zero attached hydrogens (tertiary/aromatic N) is 1. The molecule has 0 saturated carbocycles. The van der Waals surface area contributed by atoms with Gasteiger partial charge in [0.25, 0.3) is 0 Å². The van der Waals surface area contributed by atoms with E-state index in [1.165, 1.54) is 43.7 Å². The Bertz CT molecular complexity index is 689. The van der Waals surface area contributed by atoms with E-state index in [9.17, 15) is 0 Å². The van der Waals surface area contributed by atoms with Crippen LogP contribution in [0.25, 0.3) is 15.1 Å². The SMILES string of the molecule is Brc1csc2c(C3=CCC([C@@H]4CCCN4)=N3)csc12. The Morgan fingerprint density at radius 2 is 2.16 bits per heavy atom. The fourth-order valence-electron chi connectivity index (χ4n) is 2.78. The third-order valence-electron chi connectivity index (χ3n) is 3.75. The lowest BCUT2D eigenvalue weighted by atomic mass is 10.1. The number of aliphatic imine (C=N–C) groups is 1. The zero-order chi connectivity index (χ0) is 12.8. The summed E-state index contributed by atoms with van der Waals surface area (Å²) < 4.78 is 3.93. The lowest BCUT2D eigenvalue weighted by Crippen LogP contribution is -2.29. The zero-order valence-corrected chi connectivity index (χ0v) is 13.5. The van der Waals surface area contributed by atoms with Gasteiger partial charge in [-0.25, -0.2) is 0 Å². The molecule has 2 nitrogen and oxygen atoms in total. The van der Waals surface area contributed by atoms with Crippen LogP contribution in [0.3, 0.4) is 0 Å². The minimum Gasteiger partial charge on any atom is -0.309 e. The summed E-state index contributed by atoms with van der Waals surface area (Å²) in [4.78, 5) is 4.89. The number of halogens is 1. The summed E-state index contributed by atoms with van der Waals surface area (Å²) in [6.45, 7) is 1.14. The van der Waals surface area contributed by atoms with Gasteiger partial charge in [0.05, 0.1) is 15.1 Å². The van der Waals surface area contributed by atoms with Gasteiger partial charge in [-0.1, -0.05) is 6.08 Å². The topological polar surface area (TPSA) is 24.4 Å². The third kappa shape index (κ3) is 2.03. The number of fused-ring (bicyclic) bond motifs is 1. The number of hydrogen-bond donors (Lipinski definition) is 1. The van der Waals surface area contributed by atoms with E-state index in [1.807, 2.05) is 0 Å². The molecule has 98 valence electrons. The Balaban J connectivity index is 1.69. The van der Waals surface area contributed by atoms with Crippen molar-refractivity contribution in [1.82, 2.24) is 5.32 Å². The summed E-state index contributed by atoms with van der Waals surface area (Å²) in [6, 6.07) is 0.512. The molecule has 0 aliphatic carbocycles. The average molecular weight is 353 g/mol. The summed E-state index contributed by atoms with van der Waals surface area (Å²) in [5.41, 5.74) is 3.80. The van der Waals surface area contributed by atoms with Crippen LogP contribution in [0.4, 0.5) is 0 Å². The van der Waals surface area contributed by atoms with Gasteiger partial charge in [-0.15, -0.1) is 22.7 Å². The molecule has 4 rings (SSSR count). The fraction of sp³-hybridized carbons (Fsp3) is 0.357. The molecule has 5 heteroatoms. The Morgan fingerprint density at radius 1 is 1.26 bits per heavy atom.